The summed E-state index contributed by atoms with van der Waals surface area (Å²) in [6.07, 6.45) is -0.565. The minimum absolute atomic E-state index is 0.129. The van der Waals surface area contributed by atoms with Gasteiger partial charge in [-0.05, 0) is 6.42 Å². The highest BCUT2D eigenvalue weighted by Crippen LogP contribution is 2.19. The van der Waals surface area contributed by atoms with Gasteiger partial charge in [-0.25, -0.2) is 0 Å². The number of alkyl halides is 3. The van der Waals surface area contributed by atoms with Crippen molar-refractivity contribution in [3.8, 4) is 0 Å². The van der Waals surface area contributed by atoms with Gasteiger partial charge in [-0.1, -0.05) is 12.2 Å². The van der Waals surface area contributed by atoms with Gasteiger partial charge in [0.15, 0.2) is 0 Å². The monoisotopic (exact) mass is 258 g/mol. The van der Waals surface area contributed by atoms with E-state index in [1.807, 2.05) is 0 Å². The van der Waals surface area contributed by atoms with Crippen molar-refractivity contribution in [2.24, 2.45) is 0 Å². The molecule has 1 aliphatic heterocycles. The van der Waals surface area contributed by atoms with Gasteiger partial charge in [-0.15, -0.1) is 0 Å². The van der Waals surface area contributed by atoms with E-state index in [1.54, 1.807) is 12.2 Å². The average Bonchev–Trinajstić information content (AvgIpc) is 2.16. The van der Waals surface area contributed by atoms with E-state index in [-0.39, 0.29) is 13.1 Å². The van der Waals surface area contributed by atoms with Crippen LogP contribution in [0.25, 0.3) is 0 Å². The molecule has 0 bridgehead atoms. The van der Waals surface area contributed by atoms with E-state index < -0.39 is 22.9 Å². The third-order valence-corrected chi connectivity index (χ3v) is 4.04. The zero-order chi connectivity index (χ0) is 12.4. The fourth-order valence-corrected chi connectivity index (χ4v) is 2.67. The van der Waals surface area contributed by atoms with E-state index in [0.29, 0.717) is 10.7 Å². The van der Waals surface area contributed by atoms with Crippen molar-refractivity contribution < 1.29 is 21.6 Å². The molecule has 4 nitrogen and oxygen atoms in total. The van der Waals surface area contributed by atoms with E-state index in [4.69, 9.17) is 0 Å². The lowest BCUT2D eigenvalue weighted by Crippen LogP contribution is -2.46. The van der Waals surface area contributed by atoms with E-state index in [1.165, 1.54) is 0 Å². The molecule has 0 aromatic rings. The number of rotatable bonds is 3. The van der Waals surface area contributed by atoms with Crippen molar-refractivity contribution in [3.63, 3.8) is 0 Å². The summed E-state index contributed by atoms with van der Waals surface area (Å²) in [6.45, 7) is -1.11. The molecule has 0 fully saturated rings. The Hall–Kier alpha value is -0.600. The second kappa shape index (κ2) is 4.72. The molecule has 0 saturated carbocycles. The van der Waals surface area contributed by atoms with Gasteiger partial charge in [0.05, 0.1) is 0 Å². The second-order valence-electron chi connectivity index (χ2n) is 3.50. The summed E-state index contributed by atoms with van der Waals surface area (Å²) in [6, 6.07) is 0. The molecule has 0 aromatic heterocycles. The molecule has 8 heteroatoms. The first kappa shape index (κ1) is 13.5. The molecule has 94 valence electrons. The Kier molecular flexibility index (Phi) is 3.97. The van der Waals surface area contributed by atoms with Gasteiger partial charge in [0.1, 0.15) is 6.54 Å². The summed E-state index contributed by atoms with van der Waals surface area (Å²) in [5.41, 5.74) is 0. The van der Waals surface area contributed by atoms with Gasteiger partial charge in [0.25, 0.3) is 10.2 Å². The minimum atomic E-state index is -4.52. The summed E-state index contributed by atoms with van der Waals surface area (Å²) in [5, 5.41) is 0. The van der Waals surface area contributed by atoms with Crippen molar-refractivity contribution in [2.75, 3.05) is 26.7 Å². The zero-order valence-electron chi connectivity index (χ0n) is 8.74. The number of hydrogen-bond acceptors (Lipinski definition) is 2. The number of halogens is 3. The van der Waals surface area contributed by atoms with Crippen molar-refractivity contribution >= 4 is 10.2 Å². The predicted molar refractivity (Wildman–Crippen MR) is 52.9 cm³/mol. The van der Waals surface area contributed by atoms with Crippen LogP contribution in [0, 0.1) is 0 Å². The van der Waals surface area contributed by atoms with Gasteiger partial charge < -0.3 is 0 Å². The summed E-state index contributed by atoms with van der Waals surface area (Å²) in [7, 11) is -3.07. The molecule has 0 unspecified atom stereocenters. The maximum atomic E-state index is 12.1. The predicted octanol–water partition coefficient (Wildman–Crippen LogP) is 0.987. The van der Waals surface area contributed by atoms with Crippen LogP contribution in [-0.2, 0) is 10.2 Å². The molecule has 0 N–H and O–H groups in total. The molecule has 0 radical (unpaired) electrons. The third-order valence-electron chi connectivity index (χ3n) is 2.14. The smallest absolute Gasteiger partial charge is 0.195 e. The van der Waals surface area contributed by atoms with Gasteiger partial charge in [-0.3, -0.25) is 0 Å². The van der Waals surface area contributed by atoms with E-state index in [0.717, 1.165) is 11.4 Å². The second-order valence-corrected chi connectivity index (χ2v) is 5.53. The van der Waals surface area contributed by atoms with E-state index in [2.05, 4.69) is 0 Å². The highest BCUT2D eigenvalue weighted by molar-refractivity contribution is 7.86. The lowest BCUT2D eigenvalue weighted by atomic mass is 10.3. The third kappa shape index (κ3) is 3.46. The minimum Gasteiger partial charge on any atom is -0.195 e. The molecule has 0 atom stereocenters. The Labute approximate surface area is 92.5 Å². The van der Waals surface area contributed by atoms with E-state index >= 15 is 0 Å². The van der Waals surface area contributed by atoms with E-state index in [9.17, 15) is 21.6 Å². The Bertz CT molecular complexity index is 364. The lowest BCUT2D eigenvalue weighted by Gasteiger charge is -2.28. The zero-order valence-corrected chi connectivity index (χ0v) is 9.55. The van der Waals surface area contributed by atoms with Crippen LogP contribution in [0.15, 0.2) is 12.2 Å². The molecule has 1 aliphatic rings. The Morgan fingerprint density at radius 1 is 1.38 bits per heavy atom. The quantitative estimate of drug-likeness (QED) is 0.708. The molecule has 1 rings (SSSR count). The first-order valence-electron chi connectivity index (χ1n) is 4.66. The topological polar surface area (TPSA) is 40.6 Å². The molecule has 0 spiro atoms. The summed E-state index contributed by atoms with van der Waals surface area (Å²) in [5.74, 6) is 0. The van der Waals surface area contributed by atoms with Crippen molar-refractivity contribution in [1.29, 1.82) is 0 Å². The number of hydrogen-bond donors (Lipinski definition) is 0. The summed E-state index contributed by atoms with van der Waals surface area (Å²) < 4.78 is 60.9. The lowest BCUT2D eigenvalue weighted by molar-refractivity contribution is -0.134. The van der Waals surface area contributed by atoms with Crippen LogP contribution in [0.4, 0.5) is 13.2 Å². The van der Waals surface area contributed by atoms with Gasteiger partial charge in [0.2, 0.25) is 0 Å². The van der Waals surface area contributed by atoms with Crippen LogP contribution < -0.4 is 0 Å². The van der Waals surface area contributed by atoms with Crippen molar-refractivity contribution in [3.05, 3.63) is 12.2 Å². The van der Waals surface area contributed by atoms with Crippen LogP contribution in [-0.4, -0.2) is 49.9 Å². The molecular formula is C8H13F3N2O2S. The SMILES string of the molecule is CN(CC(F)(F)F)S(=O)(=O)N1CC=CCC1. The standard InChI is InChI=1S/C8H13F3N2O2S/c1-12(7-8(9,10)11)16(14,15)13-5-3-2-4-6-13/h2-3H,4-7H2,1H3. The summed E-state index contributed by atoms with van der Waals surface area (Å²) in [4.78, 5) is 0. The highest BCUT2D eigenvalue weighted by Gasteiger charge is 2.36. The molecule has 0 aliphatic carbocycles. The molecule has 16 heavy (non-hydrogen) atoms. The van der Waals surface area contributed by atoms with Crippen LogP contribution in [0.5, 0.6) is 0 Å². The fraction of sp³-hybridized carbons (Fsp3) is 0.750. The molecular weight excluding hydrogens is 245 g/mol. The molecule has 0 saturated heterocycles. The van der Waals surface area contributed by atoms with Crippen molar-refractivity contribution in [1.82, 2.24) is 8.61 Å². The van der Waals surface area contributed by atoms with Gasteiger partial charge in [0, 0.05) is 20.1 Å². The Morgan fingerprint density at radius 3 is 2.44 bits per heavy atom. The van der Waals surface area contributed by atoms with Crippen LogP contribution in [0.3, 0.4) is 0 Å². The maximum absolute atomic E-state index is 12.1. The van der Waals surface area contributed by atoms with Crippen LogP contribution in [0.2, 0.25) is 0 Å². The van der Waals surface area contributed by atoms with Gasteiger partial charge in [-0.2, -0.15) is 30.2 Å². The van der Waals surface area contributed by atoms with Gasteiger partial charge >= 0.3 is 6.18 Å². The highest BCUT2D eigenvalue weighted by atomic mass is 32.2. The van der Waals surface area contributed by atoms with Crippen molar-refractivity contribution in [2.45, 2.75) is 12.6 Å². The van der Waals surface area contributed by atoms with Crippen LogP contribution >= 0.6 is 0 Å². The first-order valence-corrected chi connectivity index (χ1v) is 6.06. The Balaban J connectivity index is 2.73. The molecule has 1 heterocycles. The molecule has 0 amide bonds. The first-order chi connectivity index (χ1) is 7.23. The largest absolute Gasteiger partial charge is 0.402 e. The Morgan fingerprint density at radius 2 is 2.00 bits per heavy atom. The van der Waals surface area contributed by atoms with Crippen LogP contribution in [0.1, 0.15) is 6.42 Å². The average molecular weight is 258 g/mol. The number of nitrogens with zero attached hydrogens (tertiary/aromatic N) is 2. The summed E-state index contributed by atoms with van der Waals surface area (Å²) >= 11 is 0. The maximum Gasteiger partial charge on any atom is 0.402 e. The normalized spacial score (nSPS) is 19.3. The fourth-order valence-electron chi connectivity index (χ4n) is 1.36. The molecule has 0 aromatic carbocycles.